The van der Waals surface area contributed by atoms with E-state index in [0.717, 1.165) is 15.6 Å². The molecule has 0 radical (unpaired) electrons. The Morgan fingerprint density at radius 3 is 2.77 bits per heavy atom. The van der Waals surface area contributed by atoms with Gasteiger partial charge in [0.1, 0.15) is 11.7 Å². The summed E-state index contributed by atoms with van der Waals surface area (Å²) < 4.78 is 5.96. The first-order valence-electron chi connectivity index (χ1n) is 8.09. The molecule has 2 aromatic carbocycles. The first-order chi connectivity index (χ1) is 12.6. The predicted octanol–water partition coefficient (Wildman–Crippen LogP) is 2.44. The van der Waals surface area contributed by atoms with Crippen LogP contribution in [0.1, 0.15) is 17.0 Å². The summed E-state index contributed by atoms with van der Waals surface area (Å²) in [6.07, 6.45) is 1.52. The van der Waals surface area contributed by atoms with Crippen molar-refractivity contribution in [1.82, 2.24) is 10.7 Å². The van der Waals surface area contributed by atoms with E-state index in [2.05, 4.69) is 31.8 Å². The van der Waals surface area contributed by atoms with Gasteiger partial charge in [-0.25, -0.2) is 5.43 Å². The number of amides is 2. The molecule has 0 unspecified atom stereocenters. The molecule has 1 aliphatic rings. The largest absolute Gasteiger partial charge is 0.496 e. The van der Waals surface area contributed by atoms with Gasteiger partial charge in [-0.05, 0) is 45.3 Å². The molecule has 134 valence electrons. The number of hydrogen-bond acceptors (Lipinski definition) is 4. The Morgan fingerprint density at radius 2 is 2.08 bits per heavy atom. The van der Waals surface area contributed by atoms with Crippen LogP contribution in [0.15, 0.2) is 58.1 Å². The molecule has 7 heteroatoms. The van der Waals surface area contributed by atoms with E-state index in [-0.39, 0.29) is 11.8 Å². The Morgan fingerprint density at radius 1 is 1.31 bits per heavy atom. The Labute approximate surface area is 159 Å². The van der Waals surface area contributed by atoms with Crippen molar-refractivity contribution in [3.8, 4) is 5.75 Å². The summed E-state index contributed by atoms with van der Waals surface area (Å²) in [5, 5.41) is 6.73. The molecule has 1 aliphatic heterocycles. The monoisotopic (exact) mass is 415 g/mol. The molecule has 0 aromatic heterocycles. The number of ether oxygens (including phenoxy) is 1. The fourth-order valence-corrected chi connectivity index (χ4v) is 3.49. The van der Waals surface area contributed by atoms with Gasteiger partial charge in [-0.3, -0.25) is 9.59 Å². The number of halogens is 1. The van der Waals surface area contributed by atoms with Gasteiger partial charge in [-0.15, -0.1) is 0 Å². The molecule has 0 aliphatic carbocycles. The normalized spacial score (nSPS) is 19.4. The highest BCUT2D eigenvalue weighted by Gasteiger charge is 2.40. The van der Waals surface area contributed by atoms with Crippen LogP contribution in [0.4, 0.5) is 0 Å². The first kappa shape index (κ1) is 18.1. The molecule has 2 atom stereocenters. The SMILES string of the molecule is COc1ccc(/C=N/NC(=O)[C@@H]2C(=O)NC[C@@H]2c2ccccc2)cc1Br. The Kier molecular flexibility index (Phi) is 5.68. The average molecular weight is 416 g/mol. The number of nitrogens with zero attached hydrogens (tertiary/aromatic N) is 1. The van der Waals surface area contributed by atoms with E-state index in [1.165, 1.54) is 6.21 Å². The van der Waals surface area contributed by atoms with Gasteiger partial charge in [-0.1, -0.05) is 30.3 Å². The van der Waals surface area contributed by atoms with E-state index in [1.54, 1.807) is 13.2 Å². The maximum Gasteiger partial charge on any atom is 0.253 e. The summed E-state index contributed by atoms with van der Waals surface area (Å²) >= 11 is 3.40. The van der Waals surface area contributed by atoms with E-state index in [4.69, 9.17) is 4.74 Å². The summed E-state index contributed by atoms with van der Waals surface area (Å²) in [6, 6.07) is 15.0. The van der Waals surface area contributed by atoms with Gasteiger partial charge in [0.05, 0.1) is 17.8 Å². The Bertz CT molecular complexity index is 839. The number of carbonyl (C=O) groups is 2. The van der Waals surface area contributed by atoms with Crippen LogP contribution in [0.5, 0.6) is 5.75 Å². The van der Waals surface area contributed by atoms with Gasteiger partial charge in [0.2, 0.25) is 5.91 Å². The molecule has 0 spiro atoms. The molecule has 1 heterocycles. The highest BCUT2D eigenvalue weighted by atomic mass is 79.9. The van der Waals surface area contributed by atoms with E-state index in [0.29, 0.717) is 12.3 Å². The lowest BCUT2D eigenvalue weighted by atomic mass is 9.88. The fraction of sp³-hybridized carbons (Fsp3) is 0.211. The number of benzene rings is 2. The minimum atomic E-state index is -0.794. The van der Waals surface area contributed by atoms with Crippen molar-refractivity contribution in [2.45, 2.75) is 5.92 Å². The second-order valence-electron chi connectivity index (χ2n) is 5.87. The van der Waals surface area contributed by atoms with Crippen LogP contribution in [0.25, 0.3) is 0 Å². The molecule has 2 aromatic rings. The molecule has 1 saturated heterocycles. The molecular formula is C19H18BrN3O3. The Hall–Kier alpha value is -2.67. The van der Waals surface area contributed by atoms with Crippen molar-refractivity contribution in [1.29, 1.82) is 0 Å². The van der Waals surface area contributed by atoms with Crippen LogP contribution in [-0.2, 0) is 9.59 Å². The van der Waals surface area contributed by atoms with Crippen molar-refractivity contribution in [3.05, 3.63) is 64.1 Å². The topological polar surface area (TPSA) is 79.8 Å². The molecular weight excluding hydrogens is 398 g/mol. The van der Waals surface area contributed by atoms with Crippen LogP contribution < -0.4 is 15.5 Å². The standard InChI is InChI=1S/C19H18BrN3O3/c1-26-16-8-7-12(9-15(16)20)10-22-23-19(25)17-14(11-21-18(17)24)13-5-3-2-4-6-13/h2-10,14,17H,11H2,1H3,(H,21,24)(H,23,25)/b22-10+/t14-,17+/m1/s1. The van der Waals surface area contributed by atoms with Crippen molar-refractivity contribution in [2.75, 3.05) is 13.7 Å². The molecule has 2 amide bonds. The third kappa shape index (κ3) is 3.94. The molecule has 2 N–H and O–H groups in total. The molecule has 6 nitrogen and oxygen atoms in total. The number of nitrogens with one attached hydrogen (secondary N) is 2. The number of hydrazone groups is 1. The predicted molar refractivity (Wildman–Crippen MR) is 102 cm³/mol. The lowest BCUT2D eigenvalue weighted by molar-refractivity contribution is -0.133. The number of methoxy groups -OCH3 is 1. The van der Waals surface area contributed by atoms with E-state index in [1.807, 2.05) is 42.5 Å². The van der Waals surface area contributed by atoms with Gasteiger partial charge in [0.15, 0.2) is 0 Å². The van der Waals surface area contributed by atoms with Gasteiger partial charge in [0.25, 0.3) is 5.91 Å². The number of rotatable bonds is 5. The highest BCUT2D eigenvalue weighted by molar-refractivity contribution is 9.10. The lowest BCUT2D eigenvalue weighted by Crippen LogP contribution is -2.34. The number of carbonyl (C=O) groups excluding carboxylic acids is 2. The van der Waals surface area contributed by atoms with Crippen molar-refractivity contribution < 1.29 is 14.3 Å². The molecule has 0 saturated carbocycles. The van der Waals surface area contributed by atoms with Gasteiger partial charge >= 0.3 is 0 Å². The van der Waals surface area contributed by atoms with Crippen LogP contribution >= 0.6 is 15.9 Å². The van der Waals surface area contributed by atoms with Crippen molar-refractivity contribution >= 4 is 34.0 Å². The van der Waals surface area contributed by atoms with Crippen molar-refractivity contribution in [2.24, 2.45) is 11.0 Å². The Balaban J connectivity index is 1.68. The first-order valence-corrected chi connectivity index (χ1v) is 8.88. The summed E-state index contributed by atoms with van der Waals surface area (Å²) in [4.78, 5) is 24.6. The summed E-state index contributed by atoms with van der Waals surface area (Å²) in [6.45, 7) is 0.441. The van der Waals surface area contributed by atoms with Crippen LogP contribution in [0.2, 0.25) is 0 Å². The van der Waals surface area contributed by atoms with Gasteiger partial charge in [-0.2, -0.15) is 5.10 Å². The van der Waals surface area contributed by atoms with E-state index < -0.39 is 11.8 Å². The molecule has 26 heavy (non-hydrogen) atoms. The fourth-order valence-electron chi connectivity index (χ4n) is 2.94. The zero-order chi connectivity index (χ0) is 18.5. The molecule has 0 bridgehead atoms. The highest BCUT2D eigenvalue weighted by Crippen LogP contribution is 2.29. The maximum absolute atomic E-state index is 12.5. The lowest BCUT2D eigenvalue weighted by Gasteiger charge is -2.15. The van der Waals surface area contributed by atoms with Crippen molar-refractivity contribution in [3.63, 3.8) is 0 Å². The van der Waals surface area contributed by atoms with E-state index >= 15 is 0 Å². The molecule has 3 rings (SSSR count). The maximum atomic E-state index is 12.5. The summed E-state index contributed by atoms with van der Waals surface area (Å²) in [7, 11) is 1.59. The van der Waals surface area contributed by atoms with Gasteiger partial charge < -0.3 is 10.1 Å². The molecule has 1 fully saturated rings. The zero-order valence-corrected chi connectivity index (χ0v) is 15.7. The second-order valence-corrected chi connectivity index (χ2v) is 6.72. The summed E-state index contributed by atoms with van der Waals surface area (Å²) in [5.74, 6) is -0.984. The van der Waals surface area contributed by atoms with Gasteiger partial charge in [0, 0.05) is 12.5 Å². The quantitative estimate of drug-likeness (QED) is 0.447. The average Bonchev–Trinajstić information content (AvgIpc) is 3.04. The van der Waals surface area contributed by atoms with Crippen LogP contribution in [-0.4, -0.2) is 31.7 Å². The smallest absolute Gasteiger partial charge is 0.253 e. The van der Waals surface area contributed by atoms with Crippen LogP contribution in [0, 0.1) is 5.92 Å². The minimum absolute atomic E-state index is 0.200. The third-order valence-corrected chi connectivity index (χ3v) is 4.88. The zero-order valence-electron chi connectivity index (χ0n) is 14.1. The third-order valence-electron chi connectivity index (χ3n) is 4.26. The summed E-state index contributed by atoms with van der Waals surface area (Å²) in [5.41, 5.74) is 4.21. The minimum Gasteiger partial charge on any atom is -0.496 e. The second kappa shape index (κ2) is 8.14. The number of hydrogen-bond donors (Lipinski definition) is 2. The van der Waals surface area contributed by atoms with E-state index in [9.17, 15) is 9.59 Å². The van der Waals surface area contributed by atoms with Crippen LogP contribution in [0.3, 0.4) is 0 Å².